The second kappa shape index (κ2) is 5.99. The molecule has 1 amide bonds. The third kappa shape index (κ3) is 3.06. The lowest BCUT2D eigenvalue weighted by Gasteiger charge is -2.09. The van der Waals surface area contributed by atoms with Gasteiger partial charge in [-0.05, 0) is 12.1 Å². The second-order valence-electron chi connectivity index (χ2n) is 4.25. The zero-order chi connectivity index (χ0) is 14.9. The molecule has 0 aliphatic rings. The summed E-state index contributed by atoms with van der Waals surface area (Å²) < 4.78 is 5.75. The molecule has 0 fully saturated rings. The Bertz CT molecular complexity index is 682. The van der Waals surface area contributed by atoms with Crippen LogP contribution in [0.15, 0.2) is 18.2 Å². The van der Waals surface area contributed by atoms with E-state index in [4.69, 9.17) is 27.9 Å². The highest BCUT2D eigenvalue weighted by atomic mass is 35.5. The van der Waals surface area contributed by atoms with E-state index in [-0.39, 0.29) is 17.4 Å². The second-order valence-corrected chi connectivity index (χ2v) is 6.12. The number of carbonyl (C=O) groups is 2. The third-order valence-electron chi connectivity index (χ3n) is 2.60. The van der Waals surface area contributed by atoms with Crippen molar-refractivity contribution in [1.29, 1.82) is 0 Å². The van der Waals surface area contributed by atoms with E-state index in [1.54, 1.807) is 32.3 Å². The number of carbonyl (C=O) groups excluding carboxylic acids is 2. The molecule has 1 aromatic heterocycles. The molecule has 0 aliphatic heterocycles. The van der Waals surface area contributed by atoms with Crippen LogP contribution < -0.4 is 0 Å². The quantitative estimate of drug-likeness (QED) is 0.809. The molecule has 0 saturated carbocycles. The van der Waals surface area contributed by atoms with Crippen LogP contribution in [0.4, 0.5) is 0 Å². The fraction of sp³-hybridized carbons (Fsp3) is 0.231. The highest BCUT2D eigenvalue weighted by Gasteiger charge is 2.19. The normalized spacial score (nSPS) is 10.6. The van der Waals surface area contributed by atoms with Gasteiger partial charge in [0.05, 0.1) is 5.02 Å². The summed E-state index contributed by atoms with van der Waals surface area (Å²) in [5.41, 5.74) is 0. The van der Waals surface area contributed by atoms with E-state index in [1.165, 1.54) is 16.2 Å². The molecule has 2 rings (SSSR count). The lowest BCUT2D eigenvalue weighted by molar-refractivity contribution is -0.131. The van der Waals surface area contributed by atoms with Crippen LogP contribution in [0.25, 0.3) is 10.1 Å². The molecule has 20 heavy (non-hydrogen) atoms. The zero-order valence-corrected chi connectivity index (χ0v) is 13.1. The van der Waals surface area contributed by atoms with E-state index in [0.29, 0.717) is 10.0 Å². The Hall–Kier alpha value is -1.30. The van der Waals surface area contributed by atoms with E-state index in [9.17, 15) is 9.59 Å². The Morgan fingerprint density at radius 1 is 1.30 bits per heavy atom. The first-order valence-electron chi connectivity index (χ1n) is 5.65. The molecule has 0 aliphatic carbocycles. The molecule has 0 atom stereocenters. The number of hydrogen-bond acceptors (Lipinski definition) is 4. The van der Waals surface area contributed by atoms with Crippen molar-refractivity contribution in [2.75, 3.05) is 20.7 Å². The van der Waals surface area contributed by atoms with Gasteiger partial charge in [0.25, 0.3) is 5.91 Å². The molecule has 0 radical (unpaired) electrons. The number of amides is 1. The van der Waals surface area contributed by atoms with Crippen LogP contribution in [-0.4, -0.2) is 37.5 Å². The molecular weight excluding hydrogens is 321 g/mol. The standard InChI is InChI=1S/C13H11Cl2NO3S/c1-16(2)10(17)6-19-13(18)12-11(15)8-4-3-7(14)5-9(8)20-12/h3-5H,6H2,1-2H3. The number of hydrogen-bond donors (Lipinski definition) is 0. The smallest absolute Gasteiger partial charge is 0.350 e. The minimum absolute atomic E-state index is 0.274. The molecule has 106 valence electrons. The molecule has 0 unspecified atom stereocenters. The number of nitrogens with zero attached hydrogens (tertiary/aromatic N) is 1. The van der Waals surface area contributed by atoms with Crippen LogP contribution in [0.5, 0.6) is 0 Å². The molecule has 0 spiro atoms. The fourth-order valence-electron chi connectivity index (χ4n) is 1.49. The van der Waals surface area contributed by atoms with Crippen molar-refractivity contribution in [3.05, 3.63) is 33.1 Å². The SMILES string of the molecule is CN(C)C(=O)COC(=O)c1sc2cc(Cl)ccc2c1Cl. The fourth-order valence-corrected chi connectivity index (χ4v) is 3.17. The van der Waals surface area contributed by atoms with E-state index < -0.39 is 5.97 Å². The highest BCUT2D eigenvalue weighted by molar-refractivity contribution is 7.21. The molecule has 1 heterocycles. The molecule has 0 bridgehead atoms. The van der Waals surface area contributed by atoms with Gasteiger partial charge in [-0.15, -0.1) is 11.3 Å². The number of thiophene rings is 1. The minimum Gasteiger partial charge on any atom is -0.451 e. The topological polar surface area (TPSA) is 46.6 Å². The summed E-state index contributed by atoms with van der Waals surface area (Å²) >= 11 is 13.2. The molecule has 2 aromatic rings. The van der Waals surface area contributed by atoms with E-state index in [0.717, 1.165) is 10.1 Å². The van der Waals surface area contributed by atoms with Crippen LogP contribution in [-0.2, 0) is 9.53 Å². The summed E-state index contributed by atoms with van der Waals surface area (Å²) in [6.45, 7) is -0.308. The number of fused-ring (bicyclic) bond motifs is 1. The maximum atomic E-state index is 11.9. The summed E-state index contributed by atoms with van der Waals surface area (Å²) in [4.78, 5) is 24.9. The van der Waals surface area contributed by atoms with Gasteiger partial charge in [-0.3, -0.25) is 4.79 Å². The van der Waals surface area contributed by atoms with Gasteiger partial charge in [-0.2, -0.15) is 0 Å². The van der Waals surface area contributed by atoms with Crippen LogP contribution in [0.1, 0.15) is 9.67 Å². The van der Waals surface area contributed by atoms with E-state index in [2.05, 4.69) is 0 Å². The van der Waals surface area contributed by atoms with Crippen molar-refractivity contribution in [3.63, 3.8) is 0 Å². The van der Waals surface area contributed by atoms with Crippen molar-refractivity contribution in [1.82, 2.24) is 4.90 Å². The summed E-state index contributed by atoms with van der Waals surface area (Å²) in [6.07, 6.45) is 0. The molecule has 7 heteroatoms. The van der Waals surface area contributed by atoms with Crippen molar-refractivity contribution < 1.29 is 14.3 Å². The van der Waals surface area contributed by atoms with E-state index >= 15 is 0 Å². The Labute approximate surface area is 129 Å². The van der Waals surface area contributed by atoms with Crippen LogP contribution in [0.2, 0.25) is 10.0 Å². The predicted octanol–water partition coefficient (Wildman–Crippen LogP) is 3.45. The summed E-state index contributed by atoms with van der Waals surface area (Å²) in [6, 6.07) is 5.18. The van der Waals surface area contributed by atoms with Gasteiger partial charge in [-0.25, -0.2) is 4.79 Å². The first kappa shape index (κ1) is 15.1. The van der Waals surface area contributed by atoms with Gasteiger partial charge in [0.1, 0.15) is 4.88 Å². The van der Waals surface area contributed by atoms with Gasteiger partial charge in [-0.1, -0.05) is 29.3 Å². The Kier molecular flexibility index (Phi) is 4.52. The maximum Gasteiger partial charge on any atom is 0.350 e. The monoisotopic (exact) mass is 331 g/mol. The Morgan fingerprint density at radius 3 is 2.65 bits per heavy atom. The lowest BCUT2D eigenvalue weighted by atomic mass is 10.2. The van der Waals surface area contributed by atoms with Crippen molar-refractivity contribution in [2.45, 2.75) is 0 Å². The largest absolute Gasteiger partial charge is 0.451 e. The highest BCUT2D eigenvalue weighted by Crippen LogP contribution is 2.37. The molecule has 1 aromatic carbocycles. The summed E-state index contributed by atoms with van der Waals surface area (Å²) in [5.74, 6) is -0.902. The average molecular weight is 332 g/mol. The van der Waals surface area contributed by atoms with Crippen LogP contribution >= 0.6 is 34.5 Å². The van der Waals surface area contributed by atoms with Gasteiger partial charge in [0.15, 0.2) is 6.61 Å². The minimum atomic E-state index is -0.609. The van der Waals surface area contributed by atoms with Crippen molar-refractivity contribution in [2.24, 2.45) is 0 Å². The van der Waals surface area contributed by atoms with Crippen molar-refractivity contribution >= 4 is 56.5 Å². The molecule has 0 saturated heterocycles. The number of likely N-dealkylation sites (N-methyl/N-ethyl adjacent to an activating group) is 1. The lowest BCUT2D eigenvalue weighted by Crippen LogP contribution is -2.27. The van der Waals surface area contributed by atoms with E-state index in [1.807, 2.05) is 0 Å². The first-order valence-corrected chi connectivity index (χ1v) is 7.22. The van der Waals surface area contributed by atoms with Crippen LogP contribution in [0, 0.1) is 0 Å². The van der Waals surface area contributed by atoms with Crippen LogP contribution in [0.3, 0.4) is 0 Å². The Balaban J connectivity index is 2.22. The number of esters is 1. The van der Waals surface area contributed by atoms with Gasteiger partial charge < -0.3 is 9.64 Å². The summed E-state index contributed by atoms with van der Waals surface area (Å²) in [5, 5.41) is 1.63. The average Bonchev–Trinajstić information content (AvgIpc) is 2.72. The first-order chi connectivity index (χ1) is 9.40. The molecule has 0 N–H and O–H groups in total. The van der Waals surface area contributed by atoms with Crippen molar-refractivity contribution in [3.8, 4) is 0 Å². The number of rotatable bonds is 3. The maximum absolute atomic E-state index is 11.9. The van der Waals surface area contributed by atoms with Gasteiger partial charge in [0.2, 0.25) is 0 Å². The van der Waals surface area contributed by atoms with Gasteiger partial charge >= 0.3 is 5.97 Å². The number of ether oxygens (including phenoxy) is 1. The third-order valence-corrected chi connectivity index (χ3v) is 4.47. The predicted molar refractivity (Wildman–Crippen MR) is 80.8 cm³/mol. The van der Waals surface area contributed by atoms with Gasteiger partial charge in [0, 0.05) is 29.2 Å². The molecular formula is C13H11Cl2NO3S. The molecule has 4 nitrogen and oxygen atoms in total. The zero-order valence-electron chi connectivity index (χ0n) is 10.8. The Morgan fingerprint density at radius 2 is 2.00 bits per heavy atom. The number of benzene rings is 1. The summed E-state index contributed by atoms with van der Waals surface area (Å²) in [7, 11) is 3.18. The number of halogens is 2.